The van der Waals surface area contributed by atoms with Crippen LogP contribution in [0, 0.1) is 0 Å². The standard InChI is InChI=1S/C15H17N3O2/c19-14(8-16-10-3-4-10)17-11-5-6-13-12(7-11)18-15(20-13)9-1-2-9/h5-7,9-10,16H,1-4,8H2,(H,17,19). The molecule has 0 aliphatic heterocycles. The summed E-state index contributed by atoms with van der Waals surface area (Å²) < 4.78 is 5.70. The van der Waals surface area contributed by atoms with Gasteiger partial charge in [-0.3, -0.25) is 4.79 Å². The molecule has 1 aromatic carbocycles. The van der Waals surface area contributed by atoms with Gasteiger partial charge in [-0.05, 0) is 43.9 Å². The maximum Gasteiger partial charge on any atom is 0.238 e. The van der Waals surface area contributed by atoms with Gasteiger partial charge in [0, 0.05) is 17.6 Å². The lowest BCUT2D eigenvalue weighted by atomic mass is 10.3. The molecule has 2 aliphatic carbocycles. The molecule has 0 radical (unpaired) electrons. The Bertz CT molecular complexity index is 656. The van der Waals surface area contributed by atoms with E-state index in [0.29, 0.717) is 18.5 Å². The average molecular weight is 271 g/mol. The molecular weight excluding hydrogens is 254 g/mol. The Morgan fingerprint density at radius 3 is 2.90 bits per heavy atom. The highest BCUT2D eigenvalue weighted by Gasteiger charge is 2.28. The lowest BCUT2D eigenvalue weighted by Gasteiger charge is -2.05. The summed E-state index contributed by atoms with van der Waals surface area (Å²) >= 11 is 0. The molecule has 1 amide bonds. The van der Waals surface area contributed by atoms with Crippen LogP contribution in [0.2, 0.25) is 0 Å². The zero-order chi connectivity index (χ0) is 13.5. The van der Waals surface area contributed by atoms with E-state index in [4.69, 9.17) is 4.42 Å². The van der Waals surface area contributed by atoms with Gasteiger partial charge in [0.05, 0.1) is 6.54 Å². The Labute approximate surface area is 116 Å². The molecule has 2 fully saturated rings. The smallest absolute Gasteiger partial charge is 0.238 e. The molecule has 0 spiro atoms. The van der Waals surface area contributed by atoms with Gasteiger partial charge in [0.2, 0.25) is 5.91 Å². The third kappa shape index (κ3) is 2.54. The van der Waals surface area contributed by atoms with Crippen molar-refractivity contribution in [2.24, 2.45) is 0 Å². The van der Waals surface area contributed by atoms with E-state index in [1.807, 2.05) is 18.2 Å². The van der Waals surface area contributed by atoms with E-state index in [9.17, 15) is 4.79 Å². The third-order valence-corrected chi connectivity index (χ3v) is 3.74. The molecule has 0 saturated heterocycles. The summed E-state index contributed by atoms with van der Waals surface area (Å²) in [5, 5.41) is 6.08. The first-order valence-electron chi connectivity index (χ1n) is 7.22. The maximum absolute atomic E-state index is 11.8. The second kappa shape index (κ2) is 4.59. The Kier molecular flexibility index (Phi) is 2.73. The van der Waals surface area contributed by atoms with Crippen LogP contribution in [0.15, 0.2) is 22.6 Å². The highest BCUT2D eigenvalue weighted by Crippen LogP contribution is 2.40. The van der Waals surface area contributed by atoms with Gasteiger partial charge in [-0.1, -0.05) is 0 Å². The van der Waals surface area contributed by atoms with Gasteiger partial charge in [-0.15, -0.1) is 0 Å². The molecule has 0 atom stereocenters. The largest absolute Gasteiger partial charge is 0.440 e. The second-order valence-electron chi connectivity index (χ2n) is 5.71. The highest BCUT2D eigenvalue weighted by atomic mass is 16.3. The first-order valence-corrected chi connectivity index (χ1v) is 7.22. The number of aromatic nitrogens is 1. The number of carbonyl (C=O) groups is 1. The molecule has 1 aromatic heterocycles. The molecule has 1 heterocycles. The van der Waals surface area contributed by atoms with Crippen LogP contribution >= 0.6 is 0 Å². The second-order valence-corrected chi connectivity index (χ2v) is 5.71. The number of benzene rings is 1. The van der Waals surface area contributed by atoms with Gasteiger partial charge in [0.25, 0.3) is 0 Å². The summed E-state index contributed by atoms with van der Waals surface area (Å²) in [7, 11) is 0. The number of fused-ring (bicyclic) bond motifs is 1. The van der Waals surface area contributed by atoms with Crippen molar-refractivity contribution in [2.45, 2.75) is 37.6 Å². The molecule has 5 heteroatoms. The van der Waals surface area contributed by atoms with Crippen molar-refractivity contribution in [3.63, 3.8) is 0 Å². The van der Waals surface area contributed by atoms with Gasteiger partial charge in [-0.2, -0.15) is 0 Å². The average Bonchev–Trinajstić information content (AvgIpc) is 3.33. The molecule has 2 saturated carbocycles. The number of rotatable bonds is 5. The monoisotopic (exact) mass is 271 g/mol. The minimum absolute atomic E-state index is 0.0119. The fourth-order valence-electron chi connectivity index (χ4n) is 2.26. The summed E-state index contributed by atoms with van der Waals surface area (Å²) in [5.74, 6) is 1.32. The first-order chi connectivity index (χ1) is 9.78. The summed E-state index contributed by atoms with van der Waals surface area (Å²) in [6, 6.07) is 6.15. The fourth-order valence-corrected chi connectivity index (χ4v) is 2.26. The summed E-state index contributed by atoms with van der Waals surface area (Å²) in [4.78, 5) is 16.3. The van der Waals surface area contributed by atoms with Crippen LogP contribution in [0.4, 0.5) is 5.69 Å². The van der Waals surface area contributed by atoms with Crippen molar-refractivity contribution < 1.29 is 9.21 Å². The van der Waals surface area contributed by atoms with Gasteiger partial charge >= 0.3 is 0 Å². The molecule has 2 aliphatic rings. The minimum atomic E-state index is -0.0119. The molecule has 4 rings (SSSR count). The molecular formula is C15H17N3O2. The normalized spacial score (nSPS) is 18.4. The van der Waals surface area contributed by atoms with E-state index >= 15 is 0 Å². The number of hydrogen-bond acceptors (Lipinski definition) is 4. The van der Waals surface area contributed by atoms with E-state index in [2.05, 4.69) is 15.6 Å². The van der Waals surface area contributed by atoms with Gasteiger partial charge in [-0.25, -0.2) is 4.98 Å². The van der Waals surface area contributed by atoms with E-state index < -0.39 is 0 Å². The fraction of sp³-hybridized carbons (Fsp3) is 0.467. The zero-order valence-corrected chi connectivity index (χ0v) is 11.2. The molecule has 2 aromatic rings. The Morgan fingerprint density at radius 2 is 2.15 bits per heavy atom. The molecule has 104 valence electrons. The van der Waals surface area contributed by atoms with E-state index in [1.165, 1.54) is 25.7 Å². The third-order valence-electron chi connectivity index (χ3n) is 3.74. The SMILES string of the molecule is O=C(CNC1CC1)Nc1ccc2oc(C3CC3)nc2c1. The molecule has 20 heavy (non-hydrogen) atoms. The van der Waals surface area contributed by atoms with Crippen LogP contribution in [-0.4, -0.2) is 23.5 Å². The quantitative estimate of drug-likeness (QED) is 0.876. The number of anilines is 1. The number of nitrogens with zero attached hydrogens (tertiary/aromatic N) is 1. The molecule has 2 N–H and O–H groups in total. The maximum atomic E-state index is 11.8. The van der Waals surface area contributed by atoms with Crippen molar-refractivity contribution in [1.29, 1.82) is 0 Å². The molecule has 5 nitrogen and oxygen atoms in total. The topological polar surface area (TPSA) is 67.2 Å². The summed E-state index contributed by atoms with van der Waals surface area (Å²) in [5.41, 5.74) is 2.39. The van der Waals surface area contributed by atoms with Gasteiger partial charge in [0.15, 0.2) is 11.5 Å². The zero-order valence-electron chi connectivity index (χ0n) is 11.2. The van der Waals surface area contributed by atoms with Crippen molar-refractivity contribution in [1.82, 2.24) is 10.3 Å². The Balaban J connectivity index is 1.46. The van der Waals surface area contributed by atoms with Crippen LogP contribution in [0.3, 0.4) is 0 Å². The minimum Gasteiger partial charge on any atom is -0.440 e. The van der Waals surface area contributed by atoms with Crippen LogP contribution in [0.25, 0.3) is 11.1 Å². The van der Waals surface area contributed by atoms with Gasteiger partial charge < -0.3 is 15.1 Å². The van der Waals surface area contributed by atoms with Crippen molar-refractivity contribution in [3.05, 3.63) is 24.1 Å². The lowest BCUT2D eigenvalue weighted by Crippen LogP contribution is -2.29. The summed E-state index contributed by atoms with van der Waals surface area (Å²) in [6.07, 6.45) is 4.71. The number of hydrogen-bond donors (Lipinski definition) is 2. The predicted molar refractivity (Wildman–Crippen MR) is 75.6 cm³/mol. The van der Waals surface area contributed by atoms with Crippen LogP contribution in [0.1, 0.15) is 37.5 Å². The first kappa shape index (κ1) is 11.9. The number of amides is 1. The van der Waals surface area contributed by atoms with E-state index in [1.54, 1.807) is 0 Å². The number of carbonyl (C=O) groups excluding carboxylic acids is 1. The molecule has 0 unspecified atom stereocenters. The number of oxazole rings is 1. The van der Waals surface area contributed by atoms with Crippen LogP contribution < -0.4 is 10.6 Å². The van der Waals surface area contributed by atoms with Crippen molar-refractivity contribution >= 4 is 22.7 Å². The van der Waals surface area contributed by atoms with E-state index in [-0.39, 0.29) is 5.91 Å². The lowest BCUT2D eigenvalue weighted by molar-refractivity contribution is -0.115. The predicted octanol–water partition coefficient (Wildman–Crippen LogP) is 2.40. The number of nitrogens with one attached hydrogen (secondary N) is 2. The van der Waals surface area contributed by atoms with E-state index in [0.717, 1.165) is 22.7 Å². The summed E-state index contributed by atoms with van der Waals surface area (Å²) in [6.45, 7) is 0.370. The van der Waals surface area contributed by atoms with Gasteiger partial charge in [0.1, 0.15) is 5.52 Å². The highest BCUT2D eigenvalue weighted by molar-refractivity contribution is 5.94. The van der Waals surface area contributed by atoms with Crippen LogP contribution in [0.5, 0.6) is 0 Å². The molecule has 0 bridgehead atoms. The van der Waals surface area contributed by atoms with Crippen LogP contribution in [-0.2, 0) is 4.79 Å². The van der Waals surface area contributed by atoms with Crippen molar-refractivity contribution in [3.8, 4) is 0 Å². The Hall–Kier alpha value is -1.88. The van der Waals surface area contributed by atoms with Crippen molar-refractivity contribution in [2.75, 3.05) is 11.9 Å². The Morgan fingerprint density at radius 1 is 1.30 bits per heavy atom.